The van der Waals surface area contributed by atoms with Crippen molar-refractivity contribution < 1.29 is 14.3 Å². The molecule has 0 fully saturated rings. The summed E-state index contributed by atoms with van der Waals surface area (Å²) in [5.74, 6) is -0.693. The summed E-state index contributed by atoms with van der Waals surface area (Å²) in [5, 5.41) is 3.74. The third-order valence-corrected chi connectivity index (χ3v) is 4.72. The third kappa shape index (κ3) is 4.26. The Bertz CT molecular complexity index is 920. The molecule has 1 N–H and O–H groups in total. The molecule has 2 aromatic rings. The average Bonchev–Trinajstić information content (AvgIpc) is 2.88. The van der Waals surface area contributed by atoms with Gasteiger partial charge in [0.1, 0.15) is 5.70 Å². The first-order valence-electron chi connectivity index (χ1n) is 9.19. The number of amides is 2. The number of hydrogen-bond donors (Lipinski definition) is 1. The standard InChI is InChI=1S/C22H23ClN2O3/c1-14(2)28-13-12-25-21(26)19(16-8-10-17(23)11-9-16)20(22(25)27)24-18-7-5-4-6-15(18)3/h4-11,14,24H,12-13H2,1-3H3. The number of rotatable bonds is 7. The highest BCUT2D eigenvalue weighted by atomic mass is 35.5. The van der Waals surface area contributed by atoms with Gasteiger partial charge in [-0.2, -0.15) is 0 Å². The molecule has 1 aliphatic rings. The summed E-state index contributed by atoms with van der Waals surface area (Å²) in [7, 11) is 0. The molecule has 0 bridgehead atoms. The van der Waals surface area contributed by atoms with Gasteiger partial charge in [0.2, 0.25) is 0 Å². The maximum Gasteiger partial charge on any atom is 0.278 e. The lowest BCUT2D eigenvalue weighted by Crippen LogP contribution is -2.35. The third-order valence-electron chi connectivity index (χ3n) is 4.47. The average molecular weight is 399 g/mol. The predicted octanol–water partition coefficient (Wildman–Crippen LogP) is 4.27. The van der Waals surface area contributed by atoms with E-state index in [0.29, 0.717) is 22.8 Å². The minimum atomic E-state index is -0.356. The van der Waals surface area contributed by atoms with Gasteiger partial charge in [-0.3, -0.25) is 14.5 Å². The Morgan fingerprint density at radius 2 is 1.71 bits per heavy atom. The minimum Gasteiger partial charge on any atom is -0.377 e. The molecule has 0 aromatic heterocycles. The van der Waals surface area contributed by atoms with Crippen LogP contribution in [0.3, 0.4) is 0 Å². The molecular formula is C22H23ClN2O3. The Hall–Kier alpha value is -2.63. The van der Waals surface area contributed by atoms with E-state index in [4.69, 9.17) is 16.3 Å². The highest BCUT2D eigenvalue weighted by molar-refractivity contribution is 6.37. The van der Waals surface area contributed by atoms with Gasteiger partial charge in [0.15, 0.2) is 0 Å². The highest BCUT2D eigenvalue weighted by Crippen LogP contribution is 2.31. The zero-order valence-corrected chi connectivity index (χ0v) is 16.9. The molecule has 2 aromatic carbocycles. The van der Waals surface area contributed by atoms with Gasteiger partial charge in [-0.05, 0) is 50.1 Å². The Kier molecular flexibility index (Phi) is 6.17. The van der Waals surface area contributed by atoms with Gasteiger partial charge in [-0.25, -0.2) is 0 Å². The van der Waals surface area contributed by atoms with Crippen molar-refractivity contribution in [3.05, 3.63) is 70.4 Å². The van der Waals surface area contributed by atoms with Gasteiger partial charge in [-0.1, -0.05) is 41.9 Å². The van der Waals surface area contributed by atoms with Crippen molar-refractivity contribution in [2.75, 3.05) is 18.5 Å². The smallest absolute Gasteiger partial charge is 0.278 e. The van der Waals surface area contributed by atoms with Crippen molar-refractivity contribution in [1.82, 2.24) is 4.90 Å². The number of halogens is 1. The summed E-state index contributed by atoms with van der Waals surface area (Å²) in [4.78, 5) is 27.4. The van der Waals surface area contributed by atoms with Crippen molar-refractivity contribution in [3.63, 3.8) is 0 Å². The zero-order chi connectivity index (χ0) is 20.3. The van der Waals surface area contributed by atoms with E-state index < -0.39 is 0 Å². The molecule has 0 unspecified atom stereocenters. The summed E-state index contributed by atoms with van der Waals surface area (Å²) in [5.41, 5.74) is 3.02. The highest BCUT2D eigenvalue weighted by Gasteiger charge is 2.39. The number of carbonyl (C=O) groups is 2. The van der Waals surface area contributed by atoms with Crippen LogP contribution in [0.2, 0.25) is 5.02 Å². The first-order valence-corrected chi connectivity index (χ1v) is 9.57. The lowest BCUT2D eigenvalue weighted by Gasteiger charge is -2.16. The summed E-state index contributed by atoms with van der Waals surface area (Å²) >= 11 is 5.99. The van der Waals surface area contributed by atoms with E-state index in [1.807, 2.05) is 45.0 Å². The topological polar surface area (TPSA) is 58.6 Å². The number of benzene rings is 2. The number of hydrogen-bond acceptors (Lipinski definition) is 4. The molecule has 0 atom stereocenters. The second-order valence-electron chi connectivity index (χ2n) is 6.88. The van der Waals surface area contributed by atoms with Crippen LogP contribution in [-0.4, -0.2) is 36.0 Å². The van der Waals surface area contributed by atoms with E-state index in [1.165, 1.54) is 4.90 Å². The molecule has 1 aliphatic heterocycles. The van der Waals surface area contributed by atoms with E-state index in [0.717, 1.165) is 11.3 Å². The fraction of sp³-hybridized carbons (Fsp3) is 0.273. The maximum absolute atomic E-state index is 13.1. The number of nitrogens with one attached hydrogen (secondary N) is 1. The van der Waals surface area contributed by atoms with Crippen LogP contribution in [0.5, 0.6) is 0 Å². The molecular weight excluding hydrogens is 376 g/mol. The molecule has 5 nitrogen and oxygen atoms in total. The lowest BCUT2D eigenvalue weighted by atomic mass is 10.0. The molecule has 28 heavy (non-hydrogen) atoms. The van der Waals surface area contributed by atoms with Crippen molar-refractivity contribution in [2.24, 2.45) is 0 Å². The molecule has 3 rings (SSSR count). The Morgan fingerprint density at radius 3 is 2.36 bits per heavy atom. The Morgan fingerprint density at radius 1 is 1.04 bits per heavy atom. The summed E-state index contributed by atoms with van der Waals surface area (Å²) in [6, 6.07) is 14.5. The number of nitrogens with zero attached hydrogens (tertiary/aromatic N) is 1. The van der Waals surface area contributed by atoms with Gasteiger partial charge in [0.05, 0.1) is 24.8 Å². The van der Waals surface area contributed by atoms with Gasteiger partial charge >= 0.3 is 0 Å². The Labute approximate surface area is 169 Å². The van der Waals surface area contributed by atoms with E-state index in [1.54, 1.807) is 24.3 Å². The Balaban J connectivity index is 1.97. The van der Waals surface area contributed by atoms with Crippen LogP contribution in [0.1, 0.15) is 25.0 Å². The molecule has 0 aliphatic carbocycles. The van der Waals surface area contributed by atoms with E-state index >= 15 is 0 Å². The van der Waals surface area contributed by atoms with Crippen molar-refractivity contribution in [2.45, 2.75) is 26.9 Å². The van der Waals surface area contributed by atoms with Crippen molar-refractivity contribution >= 4 is 34.7 Å². The van der Waals surface area contributed by atoms with Crippen LogP contribution in [-0.2, 0) is 14.3 Å². The zero-order valence-electron chi connectivity index (χ0n) is 16.2. The minimum absolute atomic E-state index is 0.0288. The first-order chi connectivity index (χ1) is 13.4. The van der Waals surface area contributed by atoms with Crippen LogP contribution in [0, 0.1) is 6.92 Å². The first kappa shape index (κ1) is 20.1. The monoisotopic (exact) mass is 398 g/mol. The summed E-state index contributed by atoms with van der Waals surface area (Å²) < 4.78 is 5.53. The predicted molar refractivity (Wildman–Crippen MR) is 111 cm³/mol. The maximum atomic E-state index is 13.1. The van der Waals surface area contributed by atoms with Crippen LogP contribution in [0.4, 0.5) is 5.69 Å². The number of aryl methyl sites for hydroxylation is 1. The summed E-state index contributed by atoms with van der Waals surface area (Å²) in [6.07, 6.45) is 0.0288. The molecule has 2 amide bonds. The summed E-state index contributed by atoms with van der Waals surface area (Å²) in [6.45, 7) is 6.26. The van der Waals surface area contributed by atoms with Crippen molar-refractivity contribution in [3.8, 4) is 0 Å². The second-order valence-corrected chi connectivity index (χ2v) is 7.31. The lowest BCUT2D eigenvalue weighted by molar-refractivity contribution is -0.137. The molecule has 146 valence electrons. The number of anilines is 1. The molecule has 0 radical (unpaired) electrons. The number of carbonyl (C=O) groups excluding carboxylic acids is 2. The number of imide groups is 1. The molecule has 1 heterocycles. The second kappa shape index (κ2) is 8.59. The van der Waals surface area contributed by atoms with Gasteiger partial charge in [0.25, 0.3) is 11.8 Å². The fourth-order valence-corrected chi connectivity index (χ4v) is 3.13. The normalized spacial score (nSPS) is 14.4. The number of para-hydroxylation sites is 1. The van der Waals surface area contributed by atoms with Crippen LogP contribution < -0.4 is 5.32 Å². The quantitative estimate of drug-likeness (QED) is 0.708. The molecule has 0 saturated carbocycles. The van der Waals surface area contributed by atoms with Gasteiger partial charge in [-0.15, -0.1) is 0 Å². The van der Waals surface area contributed by atoms with Crippen LogP contribution in [0.25, 0.3) is 5.57 Å². The van der Waals surface area contributed by atoms with Gasteiger partial charge in [0, 0.05) is 10.7 Å². The number of ether oxygens (including phenoxy) is 1. The van der Waals surface area contributed by atoms with E-state index in [2.05, 4.69) is 5.32 Å². The van der Waals surface area contributed by atoms with Crippen LogP contribution in [0.15, 0.2) is 54.2 Å². The van der Waals surface area contributed by atoms with Crippen LogP contribution >= 0.6 is 11.6 Å². The molecule has 6 heteroatoms. The van der Waals surface area contributed by atoms with E-state index in [9.17, 15) is 9.59 Å². The molecule has 0 spiro atoms. The van der Waals surface area contributed by atoms with Gasteiger partial charge < -0.3 is 10.1 Å². The molecule has 0 saturated heterocycles. The largest absolute Gasteiger partial charge is 0.377 e. The van der Waals surface area contributed by atoms with E-state index in [-0.39, 0.29) is 30.2 Å². The SMILES string of the molecule is Cc1ccccc1NC1=C(c2ccc(Cl)cc2)C(=O)N(CCOC(C)C)C1=O. The fourth-order valence-electron chi connectivity index (χ4n) is 3.01. The van der Waals surface area contributed by atoms with Crippen molar-refractivity contribution in [1.29, 1.82) is 0 Å².